The van der Waals surface area contributed by atoms with E-state index < -0.39 is 0 Å². The van der Waals surface area contributed by atoms with Gasteiger partial charge in [0.2, 0.25) is 5.95 Å². The lowest BCUT2D eigenvalue weighted by Crippen LogP contribution is -2.06. The first-order valence-electron chi connectivity index (χ1n) is 7.45. The average molecular weight is 387 g/mol. The second kappa shape index (κ2) is 7.40. The van der Waals surface area contributed by atoms with E-state index in [9.17, 15) is 4.39 Å². The van der Waals surface area contributed by atoms with Gasteiger partial charge in [0.15, 0.2) is 0 Å². The van der Waals surface area contributed by atoms with Crippen LogP contribution in [0.25, 0.3) is 0 Å². The molecule has 0 bridgehead atoms. The molecular formula is C18H16BrFN4. The van der Waals surface area contributed by atoms with Crippen molar-refractivity contribution in [3.8, 4) is 0 Å². The highest BCUT2D eigenvalue weighted by molar-refractivity contribution is 9.10. The zero-order valence-corrected chi connectivity index (χ0v) is 14.6. The second-order valence-corrected chi connectivity index (χ2v) is 6.25. The van der Waals surface area contributed by atoms with Crippen LogP contribution in [0.2, 0.25) is 0 Å². The fraction of sp³-hybridized carbons (Fsp3) is 0.111. The molecule has 3 aromatic rings. The molecule has 0 atom stereocenters. The zero-order chi connectivity index (χ0) is 16.9. The van der Waals surface area contributed by atoms with Crippen LogP contribution >= 0.6 is 15.9 Å². The first-order valence-corrected chi connectivity index (χ1v) is 8.24. The number of nitrogens with zero attached hydrogens (tertiary/aromatic N) is 2. The SMILES string of the molecule is Cc1cc(Nc2ccc(Br)cc2)nc(NCc2ccc(F)cc2)n1. The molecule has 1 aromatic heterocycles. The second-order valence-electron chi connectivity index (χ2n) is 5.33. The minimum Gasteiger partial charge on any atom is -0.350 e. The van der Waals surface area contributed by atoms with E-state index in [2.05, 4.69) is 36.5 Å². The largest absolute Gasteiger partial charge is 0.350 e. The monoisotopic (exact) mass is 386 g/mol. The van der Waals surface area contributed by atoms with Gasteiger partial charge in [0.05, 0.1) is 0 Å². The fourth-order valence-corrected chi connectivity index (χ4v) is 2.44. The van der Waals surface area contributed by atoms with Gasteiger partial charge >= 0.3 is 0 Å². The van der Waals surface area contributed by atoms with Gasteiger partial charge in [-0.2, -0.15) is 4.98 Å². The maximum absolute atomic E-state index is 12.9. The van der Waals surface area contributed by atoms with Crippen molar-refractivity contribution in [3.05, 3.63) is 76.1 Å². The van der Waals surface area contributed by atoms with Gasteiger partial charge in [0.25, 0.3) is 0 Å². The molecule has 0 unspecified atom stereocenters. The Kier molecular flexibility index (Phi) is 5.05. The number of rotatable bonds is 5. The third-order valence-electron chi connectivity index (χ3n) is 3.33. The Labute approximate surface area is 148 Å². The van der Waals surface area contributed by atoms with Gasteiger partial charge in [-0.05, 0) is 48.9 Å². The highest BCUT2D eigenvalue weighted by atomic mass is 79.9. The van der Waals surface area contributed by atoms with E-state index in [1.807, 2.05) is 37.3 Å². The number of hydrogen-bond donors (Lipinski definition) is 2. The molecule has 0 spiro atoms. The maximum Gasteiger partial charge on any atom is 0.225 e. The van der Waals surface area contributed by atoms with Crippen molar-refractivity contribution in [3.63, 3.8) is 0 Å². The van der Waals surface area contributed by atoms with Crippen molar-refractivity contribution < 1.29 is 4.39 Å². The molecule has 0 saturated heterocycles. The molecule has 1 heterocycles. The van der Waals surface area contributed by atoms with Crippen LogP contribution in [0.15, 0.2) is 59.1 Å². The molecule has 3 rings (SSSR count). The molecule has 2 N–H and O–H groups in total. The van der Waals surface area contributed by atoms with Crippen LogP contribution in [0.5, 0.6) is 0 Å². The lowest BCUT2D eigenvalue weighted by Gasteiger charge is -2.10. The topological polar surface area (TPSA) is 49.8 Å². The minimum absolute atomic E-state index is 0.244. The van der Waals surface area contributed by atoms with Crippen molar-refractivity contribution in [1.29, 1.82) is 0 Å². The summed E-state index contributed by atoms with van der Waals surface area (Å²) in [5.41, 5.74) is 2.76. The summed E-state index contributed by atoms with van der Waals surface area (Å²) < 4.78 is 14.0. The Morgan fingerprint density at radius 2 is 1.71 bits per heavy atom. The van der Waals surface area contributed by atoms with Crippen molar-refractivity contribution in [1.82, 2.24) is 9.97 Å². The first kappa shape index (κ1) is 16.4. The first-order chi connectivity index (χ1) is 11.6. The molecule has 0 aliphatic rings. The standard InChI is InChI=1S/C18H16BrFN4/c1-12-10-17(23-16-8-4-14(19)5-9-16)24-18(22-12)21-11-13-2-6-15(20)7-3-13/h2-10H,11H2,1H3,(H2,21,22,23,24). The highest BCUT2D eigenvalue weighted by Crippen LogP contribution is 2.19. The number of aryl methyl sites for hydroxylation is 1. The lowest BCUT2D eigenvalue weighted by atomic mass is 10.2. The number of aromatic nitrogens is 2. The van der Waals surface area contributed by atoms with Crippen LogP contribution < -0.4 is 10.6 Å². The van der Waals surface area contributed by atoms with Gasteiger partial charge in [0.1, 0.15) is 11.6 Å². The Morgan fingerprint density at radius 1 is 1.00 bits per heavy atom. The Hall–Kier alpha value is -2.47. The molecule has 0 saturated carbocycles. The summed E-state index contributed by atoms with van der Waals surface area (Å²) in [5, 5.41) is 6.42. The third-order valence-corrected chi connectivity index (χ3v) is 3.86. The van der Waals surface area contributed by atoms with Crippen LogP contribution in [0, 0.1) is 12.7 Å². The van der Waals surface area contributed by atoms with Crippen molar-refractivity contribution in [2.45, 2.75) is 13.5 Å². The Morgan fingerprint density at radius 3 is 2.42 bits per heavy atom. The summed E-state index contributed by atoms with van der Waals surface area (Å²) in [6, 6.07) is 16.1. The lowest BCUT2D eigenvalue weighted by molar-refractivity contribution is 0.627. The maximum atomic E-state index is 12.9. The Balaban J connectivity index is 1.71. The van der Waals surface area contributed by atoms with Crippen LogP contribution in [-0.4, -0.2) is 9.97 Å². The molecule has 0 aliphatic carbocycles. The predicted molar refractivity (Wildman–Crippen MR) is 97.9 cm³/mol. The van der Waals surface area contributed by atoms with Gasteiger partial charge in [0, 0.05) is 28.5 Å². The van der Waals surface area contributed by atoms with Gasteiger partial charge in [-0.25, -0.2) is 9.37 Å². The summed E-state index contributed by atoms with van der Waals surface area (Å²) in [6.07, 6.45) is 0. The van der Waals surface area contributed by atoms with Crippen molar-refractivity contribution >= 4 is 33.4 Å². The molecule has 0 amide bonds. The molecular weight excluding hydrogens is 371 g/mol. The molecule has 6 heteroatoms. The molecule has 4 nitrogen and oxygen atoms in total. The summed E-state index contributed by atoms with van der Waals surface area (Å²) >= 11 is 3.41. The number of anilines is 3. The third kappa shape index (κ3) is 4.52. The fourth-order valence-electron chi connectivity index (χ4n) is 2.18. The van der Waals surface area contributed by atoms with E-state index in [4.69, 9.17) is 0 Å². The summed E-state index contributed by atoms with van der Waals surface area (Å²) in [5.74, 6) is 0.997. The number of hydrogen-bond acceptors (Lipinski definition) is 4. The molecule has 2 aromatic carbocycles. The summed E-state index contributed by atoms with van der Waals surface area (Å²) in [7, 11) is 0. The van der Waals surface area contributed by atoms with Gasteiger partial charge in [-0.1, -0.05) is 28.1 Å². The molecule has 0 aliphatic heterocycles. The zero-order valence-electron chi connectivity index (χ0n) is 13.1. The van der Waals surface area contributed by atoms with Crippen LogP contribution in [0.3, 0.4) is 0 Å². The van der Waals surface area contributed by atoms with Crippen molar-refractivity contribution in [2.24, 2.45) is 0 Å². The van der Waals surface area contributed by atoms with E-state index in [-0.39, 0.29) is 5.82 Å². The van der Waals surface area contributed by atoms with E-state index >= 15 is 0 Å². The minimum atomic E-state index is -0.244. The van der Waals surface area contributed by atoms with Crippen LogP contribution in [0.1, 0.15) is 11.3 Å². The normalized spacial score (nSPS) is 10.5. The van der Waals surface area contributed by atoms with E-state index in [0.717, 1.165) is 21.4 Å². The number of halogens is 2. The van der Waals surface area contributed by atoms with E-state index in [0.29, 0.717) is 18.3 Å². The highest BCUT2D eigenvalue weighted by Gasteiger charge is 2.03. The predicted octanol–water partition coefficient (Wildman–Crippen LogP) is 5.04. The van der Waals surface area contributed by atoms with Crippen LogP contribution in [0.4, 0.5) is 21.8 Å². The van der Waals surface area contributed by atoms with E-state index in [1.54, 1.807) is 12.1 Å². The number of nitrogens with one attached hydrogen (secondary N) is 2. The van der Waals surface area contributed by atoms with Crippen LogP contribution in [-0.2, 0) is 6.54 Å². The van der Waals surface area contributed by atoms with E-state index in [1.165, 1.54) is 12.1 Å². The molecule has 24 heavy (non-hydrogen) atoms. The Bertz CT molecular complexity index is 819. The van der Waals surface area contributed by atoms with Gasteiger partial charge < -0.3 is 10.6 Å². The average Bonchev–Trinajstić information content (AvgIpc) is 2.56. The molecule has 122 valence electrons. The van der Waals surface area contributed by atoms with Crippen molar-refractivity contribution in [2.75, 3.05) is 10.6 Å². The van der Waals surface area contributed by atoms with Gasteiger partial charge in [-0.3, -0.25) is 0 Å². The smallest absolute Gasteiger partial charge is 0.225 e. The number of benzene rings is 2. The quantitative estimate of drug-likeness (QED) is 0.644. The molecule has 0 fully saturated rings. The summed E-state index contributed by atoms with van der Waals surface area (Å²) in [4.78, 5) is 8.84. The molecule has 0 radical (unpaired) electrons. The summed E-state index contributed by atoms with van der Waals surface area (Å²) in [6.45, 7) is 2.44. The van der Waals surface area contributed by atoms with Gasteiger partial charge in [-0.15, -0.1) is 0 Å².